The van der Waals surface area contributed by atoms with Crippen LogP contribution in [0.3, 0.4) is 0 Å². The van der Waals surface area contributed by atoms with Crippen molar-refractivity contribution in [1.82, 2.24) is 25.6 Å². The zero-order valence-electron chi connectivity index (χ0n) is 15.0. The third-order valence-electron chi connectivity index (χ3n) is 4.52. The quantitative estimate of drug-likeness (QED) is 0.498. The van der Waals surface area contributed by atoms with Gasteiger partial charge in [0.1, 0.15) is 5.69 Å². The molecule has 0 aliphatic carbocycles. The van der Waals surface area contributed by atoms with Crippen LogP contribution in [0.2, 0.25) is 0 Å². The van der Waals surface area contributed by atoms with E-state index in [2.05, 4.69) is 25.6 Å². The van der Waals surface area contributed by atoms with Crippen molar-refractivity contribution in [2.24, 2.45) is 0 Å². The zero-order chi connectivity index (χ0) is 19.5. The summed E-state index contributed by atoms with van der Waals surface area (Å²) in [5.41, 5.74) is 9.19. The summed E-state index contributed by atoms with van der Waals surface area (Å²) in [6.45, 7) is 1.51. The van der Waals surface area contributed by atoms with Crippen LogP contribution in [0.15, 0.2) is 55.0 Å². The Morgan fingerprint density at radius 1 is 1.18 bits per heavy atom. The summed E-state index contributed by atoms with van der Waals surface area (Å²) in [5.74, 6) is -0.250. The molecule has 0 atom stereocenters. The number of anilines is 1. The topological polar surface area (TPSA) is 130 Å². The van der Waals surface area contributed by atoms with Gasteiger partial charge in [-0.05, 0) is 30.3 Å². The molecule has 4 rings (SSSR count). The fraction of sp³-hybridized carbons (Fsp3) is 0.150. The Hall–Kier alpha value is -3.65. The first-order valence-corrected chi connectivity index (χ1v) is 8.85. The van der Waals surface area contributed by atoms with Crippen LogP contribution < -0.4 is 16.4 Å². The summed E-state index contributed by atoms with van der Waals surface area (Å²) in [7, 11) is 0. The largest absolute Gasteiger partial charge is 0.397 e. The van der Waals surface area contributed by atoms with Gasteiger partial charge in [-0.1, -0.05) is 6.07 Å². The predicted octanol–water partition coefficient (Wildman–Crippen LogP) is 1.24. The summed E-state index contributed by atoms with van der Waals surface area (Å²) in [4.78, 5) is 25.1. The van der Waals surface area contributed by atoms with Crippen LogP contribution in [0.25, 0.3) is 11.3 Å². The fourth-order valence-electron chi connectivity index (χ4n) is 2.84. The van der Waals surface area contributed by atoms with E-state index < -0.39 is 0 Å². The van der Waals surface area contributed by atoms with Crippen molar-refractivity contribution in [2.45, 2.75) is 6.04 Å². The van der Waals surface area contributed by atoms with Crippen LogP contribution >= 0.6 is 0 Å². The minimum Gasteiger partial charge on any atom is -0.397 e. The van der Waals surface area contributed by atoms with Gasteiger partial charge in [0.05, 0.1) is 35.0 Å². The average Bonchev–Trinajstić information content (AvgIpc) is 2.71. The van der Waals surface area contributed by atoms with Gasteiger partial charge in [0.25, 0.3) is 5.91 Å². The number of rotatable bonds is 5. The second-order valence-electron chi connectivity index (χ2n) is 6.51. The van der Waals surface area contributed by atoms with Gasteiger partial charge < -0.3 is 16.4 Å². The maximum atomic E-state index is 12.4. The molecule has 0 bridgehead atoms. The molecule has 0 saturated carbocycles. The number of carbonyl (C=O) groups is 1. The van der Waals surface area contributed by atoms with Crippen LogP contribution in [0.5, 0.6) is 0 Å². The Morgan fingerprint density at radius 2 is 2.00 bits per heavy atom. The monoisotopic (exact) mass is 373 g/mol. The number of nitrogens with zero attached hydrogens (tertiary/aromatic N) is 3. The van der Waals surface area contributed by atoms with Crippen molar-refractivity contribution in [3.05, 3.63) is 71.9 Å². The van der Waals surface area contributed by atoms with E-state index in [1.165, 1.54) is 6.20 Å². The maximum absolute atomic E-state index is 12.4. The van der Waals surface area contributed by atoms with E-state index in [-0.39, 0.29) is 23.4 Å². The second-order valence-corrected chi connectivity index (χ2v) is 6.51. The minimum absolute atomic E-state index is 0.121. The lowest BCUT2D eigenvalue weighted by molar-refractivity contribution is 0.0919. The molecule has 0 radical (unpaired) electrons. The van der Waals surface area contributed by atoms with Gasteiger partial charge in [-0.3, -0.25) is 20.2 Å². The number of aromatic nitrogens is 3. The molecular formula is C20H19N7O. The van der Waals surface area contributed by atoms with E-state index in [0.717, 1.165) is 18.7 Å². The molecule has 1 amide bonds. The SMILES string of the molecule is N=C(c1cccc(C(=O)NC2CNC2)n1)c1cc(-c2cccnc2)ncc1N. The number of nitrogens with one attached hydrogen (secondary N) is 3. The molecule has 8 heteroatoms. The van der Waals surface area contributed by atoms with Crippen LogP contribution in [-0.4, -0.2) is 45.7 Å². The lowest BCUT2D eigenvalue weighted by Crippen LogP contribution is -2.57. The second kappa shape index (κ2) is 7.53. The summed E-state index contributed by atoms with van der Waals surface area (Å²) in [6, 6.07) is 10.6. The summed E-state index contributed by atoms with van der Waals surface area (Å²) >= 11 is 0. The van der Waals surface area contributed by atoms with Gasteiger partial charge in [0, 0.05) is 36.6 Å². The van der Waals surface area contributed by atoms with Crippen molar-refractivity contribution >= 4 is 17.3 Å². The number of nitrogens with two attached hydrogens (primary N) is 1. The van der Waals surface area contributed by atoms with Crippen molar-refractivity contribution in [1.29, 1.82) is 5.41 Å². The molecule has 4 heterocycles. The minimum atomic E-state index is -0.250. The highest BCUT2D eigenvalue weighted by Crippen LogP contribution is 2.22. The van der Waals surface area contributed by atoms with Gasteiger partial charge in [-0.2, -0.15) is 0 Å². The normalized spacial score (nSPS) is 13.6. The number of nitrogen functional groups attached to an aromatic ring is 1. The van der Waals surface area contributed by atoms with Crippen LogP contribution in [-0.2, 0) is 0 Å². The number of hydrogen-bond acceptors (Lipinski definition) is 7. The summed E-state index contributed by atoms with van der Waals surface area (Å²) in [6.07, 6.45) is 4.90. The number of pyridine rings is 3. The molecule has 8 nitrogen and oxygen atoms in total. The first-order chi connectivity index (χ1) is 13.6. The Balaban J connectivity index is 1.62. The van der Waals surface area contributed by atoms with Gasteiger partial charge >= 0.3 is 0 Å². The van der Waals surface area contributed by atoms with Gasteiger partial charge in [0.15, 0.2) is 0 Å². The molecule has 0 spiro atoms. The van der Waals surface area contributed by atoms with E-state index in [1.807, 2.05) is 12.1 Å². The first-order valence-electron chi connectivity index (χ1n) is 8.85. The lowest BCUT2D eigenvalue weighted by Gasteiger charge is -2.27. The predicted molar refractivity (Wildman–Crippen MR) is 106 cm³/mol. The Bertz CT molecular complexity index is 1030. The maximum Gasteiger partial charge on any atom is 0.270 e. The highest BCUT2D eigenvalue weighted by Gasteiger charge is 2.21. The van der Waals surface area contributed by atoms with E-state index in [0.29, 0.717) is 22.6 Å². The van der Waals surface area contributed by atoms with E-state index >= 15 is 0 Å². The molecule has 28 heavy (non-hydrogen) atoms. The standard InChI is InChI=1S/C20H19N7O/c21-15-11-25-18(12-3-2-6-23-8-12)7-14(15)19(22)16-4-1-5-17(27-16)20(28)26-13-9-24-10-13/h1-8,11,13,22,24H,9-10,21H2,(H,26,28). The Kier molecular flexibility index (Phi) is 4.77. The van der Waals surface area contributed by atoms with Crippen molar-refractivity contribution in [2.75, 3.05) is 18.8 Å². The smallest absolute Gasteiger partial charge is 0.270 e. The Morgan fingerprint density at radius 3 is 2.71 bits per heavy atom. The summed E-state index contributed by atoms with van der Waals surface area (Å²) < 4.78 is 0. The molecule has 1 aliphatic heterocycles. The van der Waals surface area contributed by atoms with Crippen molar-refractivity contribution in [3.8, 4) is 11.3 Å². The number of hydrogen-bond donors (Lipinski definition) is 4. The first kappa shape index (κ1) is 17.7. The Labute approximate surface area is 161 Å². The molecule has 3 aromatic heterocycles. The third kappa shape index (κ3) is 3.58. The molecule has 0 aromatic carbocycles. The molecule has 1 saturated heterocycles. The molecular weight excluding hydrogens is 354 g/mol. The van der Waals surface area contributed by atoms with Crippen LogP contribution in [0.1, 0.15) is 21.7 Å². The zero-order valence-corrected chi connectivity index (χ0v) is 15.0. The van der Waals surface area contributed by atoms with Gasteiger partial charge in [0.2, 0.25) is 0 Å². The van der Waals surface area contributed by atoms with Crippen LogP contribution in [0.4, 0.5) is 5.69 Å². The summed E-state index contributed by atoms with van der Waals surface area (Å²) in [5, 5.41) is 14.6. The molecule has 3 aromatic rings. The van der Waals surface area contributed by atoms with Gasteiger partial charge in [-0.15, -0.1) is 0 Å². The molecule has 1 fully saturated rings. The van der Waals surface area contributed by atoms with Crippen LogP contribution in [0, 0.1) is 5.41 Å². The molecule has 5 N–H and O–H groups in total. The highest BCUT2D eigenvalue weighted by molar-refractivity contribution is 6.13. The average molecular weight is 373 g/mol. The van der Waals surface area contributed by atoms with E-state index in [9.17, 15) is 4.79 Å². The molecule has 140 valence electrons. The number of carbonyl (C=O) groups excluding carboxylic acids is 1. The molecule has 1 aliphatic rings. The van der Waals surface area contributed by atoms with E-state index in [4.69, 9.17) is 11.1 Å². The third-order valence-corrected chi connectivity index (χ3v) is 4.52. The van der Waals surface area contributed by atoms with Crippen molar-refractivity contribution in [3.63, 3.8) is 0 Å². The lowest BCUT2D eigenvalue weighted by atomic mass is 10.0. The number of amides is 1. The van der Waals surface area contributed by atoms with Crippen molar-refractivity contribution < 1.29 is 4.79 Å². The van der Waals surface area contributed by atoms with E-state index in [1.54, 1.807) is 36.7 Å². The fourth-order valence-corrected chi connectivity index (χ4v) is 2.84. The molecule has 0 unspecified atom stereocenters. The highest BCUT2D eigenvalue weighted by atomic mass is 16.2. The van der Waals surface area contributed by atoms with Gasteiger partial charge in [-0.25, -0.2) is 4.98 Å².